The second-order valence-corrected chi connectivity index (χ2v) is 4.92. The summed E-state index contributed by atoms with van der Waals surface area (Å²) in [5.74, 6) is 4.43. The van der Waals surface area contributed by atoms with Gasteiger partial charge in [0.05, 0.1) is 18.8 Å². The van der Waals surface area contributed by atoms with E-state index in [0.717, 1.165) is 12.8 Å². The van der Waals surface area contributed by atoms with Crippen LogP contribution < -0.4 is 0 Å². The van der Waals surface area contributed by atoms with Gasteiger partial charge in [0.15, 0.2) is 0 Å². The molecular weight excluding hydrogens is 273 g/mol. The van der Waals surface area contributed by atoms with Gasteiger partial charge in [0.25, 0.3) is 5.91 Å². The van der Waals surface area contributed by atoms with Crippen molar-refractivity contribution >= 4 is 5.91 Å². The van der Waals surface area contributed by atoms with E-state index >= 15 is 0 Å². The van der Waals surface area contributed by atoms with Crippen LogP contribution in [0.15, 0.2) is 18.2 Å². The fourth-order valence-electron chi connectivity index (χ4n) is 2.09. The first kappa shape index (κ1) is 15.5. The van der Waals surface area contributed by atoms with E-state index < -0.39 is 5.82 Å². The summed E-state index contributed by atoms with van der Waals surface area (Å²) < 4.78 is 14.1. The quantitative estimate of drug-likeness (QED) is 0.800. The Morgan fingerprint density at radius 1 is 1.33 bits per heavy atom. The van der Waals surface area contributed by atoms with Gasteiger partial charge in [-0.1, -0.05) is 11.8 Å². The van der Waals surface area contributed by atoms with Crippen LogP contribution in [0.25, 0.3) is 0 Å². The molecule has 0 spiro atoms. The van der Waals surface area contributed by atoms with Crippen molar-refractivity contribution in [2.45, 2.75) is 25.3 Å². The van der Waals surface area contributed by atoms with Gasteiger partial charge in [-0.2, -0.15) is 0 Å². The molecule has 0 aromatic heterocycles. The van der Waals surface area contributed by atoms with Crippen molar-refractivity contribution < 1.29 is 19.4 Å². The number of hydrogen-bond acceptors (Lipinski definition) is 3. The molecule has 1 aromatic carbocycles. The molecular formula is C16H18FNO3. The Morgan fingerprint density at radius 3 is 2.67 bits per heavy atom. The van der Waals surface area contributed by atoms with Gasteiger partial charge in [0.1, 0.15) is 5.82 Å². The summed E-state index contributed by atoms with van der Waals surface area (Å²) in [6, 6.07) is 4.35. The van der Waals surface area contributed by atoms with Crippen LogP contribution in [0.1, 0.15) is 35.2 Å². The van der Waals surface area contributed by atoms with E-state index in [0.29, 0.717) is 12.0 Å². The average Bonchev–Trinajstić information content (AvgIpc) is 3.29. The lowest BCUT2D eigenvalue weighted by Crippen LogP contribution is -2.36. The van der Waals surface area contributed by atoms with Gasteiger partial charge >= 0.3 is 0 Å². The monoisotopic (exact) mass is 291 g/mol. The van der Waals surface area contributed by atoms with Gasteiger partial charge in [-0.15, -0.1) is 0 Å². The van der Waals surface area contributed by atoms with Gasteiger partial charge in [-0.25, -0.2) is 4.39 Å². The number of halogens is 1. The third-order valence-corrected chi connectivity index (χ3v) is 3.26. The Morgan fingerprint density at radius 2 is 2.10 bits per heavy atom. The van der Waals surface area contributed by atoms with Crippen molar-refractivity contribution in [3.05, 3.63) is 35.1 Å². The first-order valence-corrected chi connectivity index (χ1v) is 6.98. The van der Waals surface area contributed by atoms with Gasteiger partial charge in [-0.05, 0) is 31.0 Å². The third-order valence-electron chi connectivity index (χ3n) is 3.26. The first-order chi connectivity index (χ1) is 10.2. The SMILES string of the molecule is O=C(c1ccc(C#CCCO)cc1F)N(CCO)C1CC1. The van der Waals surface area contributed by atoms with E-state index in [4.69, 9.17) is 10.2 Å². The molecule has 0 aliphatic heterocycles. The average molecular weight is 291 g/mol. The minimum Gasteiger partial charge on any atom is -0.395 e. The fourth-order valence-corrected chi connectivity index (χ4v) is 2.09. The van der Waals surface area contributed by atoms with Gasteiger partial charge in [0.2, 0.25) is 0 Å². The second kappa shape index (κ2) is 7.21. The van der Waals surface area contributed by atoms with Crippen molar-refractivity contribution in [1.29, 1.82) is 0 Å². The number of carbonyl (C=O) groups is 1. The fraction of sp³-hybridized carbons (Fsp3) is 0.438. The minimum atomic E-state index is -0.612. The highest BCUT2D eigenvalue weighted by atomic mass is 19.1. The van der Waals surface area contributed by atoms with Crippen molar-refractivity contribution in [2.75, 3.05) is 19.8 Å². The molecule has 0 bridgehead atoms. The normalized spacial score (nSPS) is 13.5. The summed E-state index contributed by atoms with van der Waals surface area (Å²) in [5, 5.41) is 17.7. The van der Waals surface area contributed by atoms with Crippen LogP contribution in [0.5, 0.6) is 0 Å². The van der Waals surface area contributed by atoms with Gasteiger partial charge < -0.3 is 15.1 Å². The molecule has 1 fully saturated rings. The van der Waals surface area contributed by atoms with E-state index in [1.165, 1.54) is 17.0 Å². The van der Waals surface area contributed by atoms with Crippen molar-refractivity contribution in [3.8, 4) is 11.8 Å². The number of aliphatic hydroxyl groups excluding tert-OH is 2. The number of benzene rings is 1. The van der Waals surface area contributed by atoms with E-state index in [1.54, 1.807) is 6.07 Å². The molecule has 1 aromatic rings. The van der Waals surface area contributed by atoms with E-state index in [-0.39, 0.29) is 37.3 Å². The summed E-state index contributed by atoms with van der Waals surface area (Å²) in [6.45, 7) is 0.0547. The standard InChI is InChI=1S/C16H18FNO3/c17-15-11-12(3-1-2-9-19)4-7-14(15)16(21)18(8-10-20)13-5-6-13/h4,7,11,13,19-20H,2,5-6,8-10H2. The molecule has 4 nitrogen and oxygen atoms in total. The zero-order chi connectivity index (χ0) is 15.2. The molecule has 1 saturated carbocycles. The molecule has 1 amide bonds. The summed E-state index contributed by atoms with van der Waals surface area (Å²) in [6.07, 6.45) is 2.13. The number of hydrogen-bond donors (Lipinski definition) is 2. The lowest BCUT2D eigenvalue weighted by Gasteiger charge is -2.21. The highest BCUT2D eigenvalue weighted by molar-refractivity contribution is 5.95. The van der Waals surface area contributed by atoms with Crippen LogP contribution in [-0.2, 0) is 0 Å². The molecule has 2 N–H and O–H groups in total. The molecule has 1 aliphatic rings. The molecule has 0 radical (unpaired) electrons. The second-order valence-electron chi connectivity index (χ2n) is 4.92. The van der Waals surface area contributed by atoms with Crippen LogP contribution in [0, 0.1) is 17.7 Å². The molecule has 2 rings (SSSR count). The summed E-state index contributed by atoms with van der Waals surface area (Å²) in [7, 11) is 0. The lowest BCUT2D eigenvalue weighted by atomic mass is 10.1. The maximum absolute atomic E-state index is 14.1. The molecule has 5 heteroatoms. The summed E-state index contributed by atoms with van der Waals surface area (Å²) >= 11 is 0. The Balaban J connectivity index is 2.16. The molecule has 21 heavy (non-hydrogen) atoms. The Kier molecular flexibility index (Phi) is 5.32. The third kappa shape index (κ3) is 4.03. The predicted molar refractivity (Wildman–Crippen MR) is 76.1 cm³/mol. The zero-order valence-corrected chi connectivity index (χ0v) is 11.7. The number of amides is 1. The predicted octanol–water partition coefficient (Wildman–Crippen LogP) is 1.16. The van der Waals surface area contributed by atoms with Crippen LogP contribution in [0.4, 0.5) is 4.39 Å². The van der Waals surface area contributed by atoms with Gasteiger partial charge in [0, 0.05) is 24.6 Å². The van der Waals surface area contributed by atoms with Crippen LogP contribution in [-0.4, -0.2) is 46.8 Å². The molecule has 0 atom stereocenters. The Bertz CT molecular complexity index is 573. The Hall–Kier alpha value is -1.90. The first-order valence-electron chi connectivity index (χ1n) is 6.98. The minimum absolute atomic E-state index is 0.00283. The highest BCUT2D eigenvalue weighted by Crippen LogP contribution is 2.28. The van der Waals surface area contributed by atoms with Crippen LogP contribution >= 0.6 is 0 Å². The largest absolute Gasteiger partial charge is 0.395 e. The molecule has 0 unspecified atom stereocenters. The van der Waals surface area contributed by atoms with Gasteiger partial charge in [-0.3, -0.25) is 4.79 Å². The van der Waals surface area contributed by atoms with E-state index in [1.807, 2.05) is 0 Å². The number of rotatable bonds is 5. The number of nitrogens with zero attached hydrogens (tertiary/aromatic N) is 1. The van der Waals surface area contributed by atoms with Crippen molar-refractivity contribution in [2.24, 2.45) is 0 Å². The molecule has 1 aliphatic carbocycles. The van der Waals surface area contributed by atoms with E-state index in [9.17, 15) is 9.18 Å². The summed E-state index contributed by atoms with van der Waals surface area (Å²) in [4.78, 5) is 13.8. The smallest absolute Gasteiger partial charge is 0.257 e. The maximum atomic E-state index is 14.1. The zero-order valence-electron chi connectivity index (χ0n) is 11.7. The molecule has 0 heterocycles. The van der Waals surface area contributed by atoms with Crippen LogP contribution in [0.3, 0.4) is 0 Å². The topological polar surface area (TPSA) is 60.8 Å². The highest BCUT2D eigenvalue weighted by Gasteiger charge is 2.33. The van der Waals surface area contributed by atoms with Crippen molar-refractivity contribution in [3.63, 3.8) is 0 Å². The number of aliphatic hydroxyl groups is 2. The molecule has 112 valence electrons. The van der Waals surface area contributed by atoms with Crippen molar-refractivity contribution in [1.82, 2.24) is 4.90 Å². The lowest BCUT2D eigenvalue weighted by molar-refractivity contribution is 0.0703. The molecule has 0 saturated heterocycles. The maximum Gasteiger partial charge on any atom is 0.257 e. The Labute approximate surface area is 123 Å². The van der Waals surface area contributed by atoms with E-state index in [2.05, 4.69) is 11.8 Å². The number of carbonyl (C=O) groups excluding carboxylic acids is 1. The van der Waals surface area contributed by atoms with Crippen LogP contribution in [0.2, 0.25) is 0 Å². The summed E-state index contributed by atoms with van der Waals surface area (Å²) in [5.41, 5.74) is 0.473.